The summed E-state index contributed by atoms with van der Waals surface area (Å²) in [5.41, 5.74) is 0. The van der Waals surface area contributed by atoms with Crippen molar-refractivity contribution in [2.45, 2.75) is 18.6 Å². The fourth-order valence-corrected chi connectivity index (χ4v) is 1.81. The summed E-state index contributed by atoms with van der Waals surface area (Å²) in [6, 6.07) is -0.199. The number of aliphatic hydroxyl groups is 1. The second-order valence-corrected chi connectivity index (χ2v) is 5.04. The average Bonchev–Trinajstić information content (AvgIpc) is 2.27. The van der Waals surface area contributed by atoms with Gasteiger partial charge >= 0.3 is 0 Å². The molecule has 1 rings (SSSR count). The minimum Gasteiger partial charge on any atom is -0.391 e. The first-order chi connectivity index (χ1) is 5.90. The van der Waals surface area contributed by atoms with Gasteiger partial charge in [0, 0.05) is 6.54 Å². The Morgan fingerprint density at radius 3 is 2.62 bits per heavy atom. The van der Waals surface area contributed by atoms with E-state index in [0.717, 1.165) is 12.8 Å². The van der Waals surface area contributed by atoms with Crippen LogP contribution in [0.5, 0.6) is 0 Å². The lowest BCUT2D eigenvalue weighted by Gasteiger charge is -2.20. The molecule has 0 spiro atoms. The van der Waals surface area contributed by atoms with Crippen molar-refractivity contribution >= 4 is 10.1 Å². The van der Waals surface area contributed by atoms with Gasteiger partial charge in [-0.3, -0.25) is 9.08 Å². The number of hydrogen-bond donors (Lipinski definition) is 1. The molecular formula is C7H15NO4S. The van der Waals surface area contributed by atoms with Gasteiger partial charge in [0.1, 0.15) is 0 Å². The molecule has 0 radical (unpaired) electrons. The van der Waals surface area contributed by atoms with Crippen molar-refractivity contribution in [1.29, 1.82) is 0 Å². The molecule has 0 aromatic rings. The van der Waals surface area contributed by atoms with Gasteiger partial charge in [0.05, 0.1) is 25.0 Å². The zero-order valence-electron chi connectivity index (χ0n) is 7.80. The first kappa shape index (κ1) is 10.9. The molecule has 0 amide bonds. The molecule has 0 aromatic heterocycles. The van der Waals surface area contributed by atoms with Crippen LogP contribution in [0.1, 0.15) is 6.42 Å². The van der Waals surface area contributed by atoms with Crippen molar-refractivity contribution in [2.24, 2.45) is 0 Å². The van der Waals surface area contributed by atoms with Crippen LogP contribution in [0.2, 0.25) is 0 Å². The van der Waals surface area contributed by atoms with Gasteiger partial charge in [-0.05, 0) is 13.5 Å². The Labute approximate surface area is 78.4 Å². The molecule has 1 saturated heterocycles. The summed E-state index contributed by atoms with van der Waals surface area (Å²) >= 11 is 0. The lowest BCUT2D eigenvalue weighted by Crippen LogP contribution is -2.37. The molecule has 5 nitrogen and oxygen atoms in total. The number of likely N-dealkylation sites (N-methyl/N-ethyl adjacent to an activating group) is 1. The number of hydrogen-bond acceptors (Lipinski definition) is 5. The summed E-state index contributed by atoms with van der Waals surface area (Å²) in [6.45, 7) is 0.815. The van der Waals surface area contributed by atoms with Crippen LogP contribution >= 0.6 is 0 Å². The number of nitrogens with zero attached hydrogens (tertiary/aromatic N) is 1. The molecule has 1 N–H and O–H groups in total. The summed E-state index contributed by atoms with van der Waals surface area (Å²) in [6.07, 6.45) is 1.20. The fraction of sp³-hybridized carbons (Fsp3) is 1.00. The van der Waals surface area contributed by atoms with E-state index in [1.165, 1.54) is 0 Å². The maximum Gasteiger partial charge on any atom is 0.264 e. The largest absolute Gasteiger partial charge is 0.391 e. The second-order valence-electron chi connectivity index (χ2n) is 3.39. The second kappa shape index (κ2) is 3.91. The number of likely N-dealkylation sites (tertiary alicyclic amines) is 1. The Kier molecular flexibility index (Phi) is 3.28. The molecule has 2 atom stereocenters. The van der Waals surface area contributed by atoms with Crippen molar-refractivity contribution in [1.82, 2.24) is 4.90 Å². The van der Waals surface area contributed by atoms with Gasteiger partial charge in [-0.25, -0.2) is 0 Å². The lowest BCUT2D eigenvalue weighted by atomic mass is 10.2. The molecule has 0 aromatic carbocycles. The molecule has 1 aliphatic rings. The summed E-state index contributed by atoms with van der Waals surface area (Å²) in [4.78, 5) is 1.90. The van der Waals surface area contributed by atoms with Crippen LogP contribution in [0.25, 0.3) is 0 Å². The van der Waals surface area contributed by atoms with Gasteiger partial charge in [-0.1, -0.05) is 0 Å². The van der Waals surface area contributed by atoms with E-state index in [-0.39, 0.29) is 12.6 Å². The molecule has 0 saturated carbocycles. The molecular weight excluding hydrogens is 194 g/mol. The molecule has 13 heavy (non-hydrogen) atoms. The van der Waals surface area contributed by atoms with Crippen LogP contribution in [-0.2, 0) is 14.3 Å². The first-order valence-corrected chi connectivity index (χ1v) is 5.94. The van der Waals surface area contributed by atoms with Crippen LogP contribution in [0.15, 0.2) is 0 Å². The SMILES string of the molecule is CN1CC[C@H](O)[C@H]1COS(C)(=O)=O. The molecule has 1 aliphatic heterocycles. The molecule has 1 fully saturated rings. The van der Waals surface area contributed by atoms with E-state index in [0.29, 0.717) is 6.42 Å². The summed E-state index contributed by atoms with van der Waals surface area (Å²) < 4.78 is 26.0. The zero-order chi connectivity index (χ0) is 10.1. The van der Waals surface area contributed by atoms with E-state index >= 15 is 0 Å². The van der Waals surface area contributed by atoms with Gasteiger partial charge in [0.15, 0.2) is 0 Å². The van der Waals surface area contributed by atoms with Crippen LogP contribution < -0.4 is 0 Å². The molecule has 6 heteroatoms. The predicted molar refractivity (Wildman–Crippen MR) is 47.8 cm³/mol. The van der Waals surface area contributed by atoms with Gasteiger partial charge in [0.25, 0.3) is 10.1 Å². The maximum absolute atomic E-state index is 10.7. The van der Waals surface area contributed by atoms with Gasteiger partial charge in [-0.2, -0.15) is 8.42 Å². The highest BCUT2D eigenvalue weighted by Gasteiger charge is 2.31. The molecule has 78 valence electrons. The van der Waals surface area contributed by atoms with Gasteiger partial charge in [0.2, 0.25) is 0 Å². The van der Waals surface area contributed by atoms with Crippen LogP contribution in [0.4, 0.5) is 0 Å². The van der Waals surface area contributed by atoms with E-state index < -0.39 is 16.2 Å². The molecule has 0 aliphatic carbocycles. The van der Waals surface area contributed by atoms with E-state index in [9.17, 15) is 13.5 Å². The highest BCUT2D eigenvalue weighted by atomic mass is 32.2. The van der Waals surface area contributed by atoms with Crippen molar-refractivity contribution in [2.75, 3.05) is 26.5 Å². The summed E-state index contributed by atoms with van der Waals surface area (Å²) in [5.74, 6) is 0. The Balaban J connectivity index is 2.44. The van der Waals surface area contributed by atoms with Crippen LogP contribution in [-0.4, -0.2) is 57.0 Å². The van der Waals surface area contributed by atoms with Crippen molar-refractivity contribution < 1.29 is 17.7 Å². The Bertz CT molecular complexity index is 254. The van der Waals surface area contributed by atoms with E-state index in [1.54, 1.807) is 0 Å². The molecule has 0 unspecified atom stereocenters. The third kappa shape index (κ3) is 3.22. The van der Waals surface area contributed by atoms with Crippen molar-refractivity contribution in [3.63, 3.8) is 0 Å². The lowest BCUT2D eigenvalue weighted by molar-refractivity contribution is 0.0927. The summed E-state index contributed by atoms with van der Waals surface area (Å²) in [5, 5.41) is 9.44. The smallest absolute Gasteiger partial charge is 0.264 e. The molecule has 1 heterocycles. The first-order valence-electron chi connectivity index (χ1n) is 4.13. The Morgan fingerprint density at radius 2 is 2.23 bits per heavy atom. The summed E-state index contributed by atoms with van der Waals surface area (Å²) in [7, 11) is -1.56. The van der Waals surface area contributed by atoms with Gasteiger partial charge in [-0.15, -0.1) is 0 Å². The van der Waals surface area contributed by atoms with E-state index in [2.05, 4.69) is 4.18 Å². The topological polar surface area (TPSA) is 66.8 Å². The fourth-order valence-electron chi connectivity index (χ4n) is 1.42. The zero-order valence-corrected chi connectivity index (χ0v) is 8.62. The third-order valence-corrected chi connectivity index (χ3v) is 2.80. The van der Waals surface area contributed by atoms with Crippen LogP contribution in [0.3, 0.4) is 0 Å². The van der Waals surface area contributed by atoms with Crippen LogP contribution in [0, 0.1) is 0 Å². The van der Waals surface area contributed by atoms with E-state index in [1.807, 2.05) is 11.9 Å². The maximum atomic E-state index is 10.7. The minimum absolute atomic E-state index is 0.0382. The molecule has 0 bridgehead atoms. The highest BCUT2D eigenvalue weighted by molar-refractivity contribution is 7.85. The Morgan fingerprint density at radius 1 is 1.62 bits per heavy atom. The third-order valence-electron chi connectivity index (χ3n) is 2.24. The van der Waals surface area contributed by atoms with E-state index in [4.69, 9.17) is 0 Å². The minimum atomic E-state index is -3.40. The number of rotatable bonds is 3. The van der Waals surface area contributed by atoms with Gasteiger partial charge < -0.3 is 5.11 Å². The Hall–Kier alpha value is -0.170. The normalized spacial score (nSPS) is 31.0. The number of aliphatic hydroxyl groups excluding tert-OH is 1. The standard InChI is InChI=1S/C7H15NO4S/c1-8-4-3-7(9)6(8)5-12-13(2,10)11/h6-7,9H,3-5H2,1-2H3/t6-,7+/m1/s1. The monoisotopic (exact) mass is 209 g/mol. The predicted octanol–water partition coefficient (Wildman–Crippen LogP) is -0.972. The van der Waals surface area contributed by atoms with Crippen molar-refractivity contribution in [3.8, 4) is 0 Å². The highest BCUT2D eigenvalue weighted by Crippen LogP contribution is 2.16. The average molecular weight is 209 g/mol. The van der Waals surface area contributed by atoms with Crippen molar-refractivity contribution in [3.05, 3.63) is 0 Å². The quantitative estimate of drug-likeness (QED) is 0.606.